The summed E-state index contributed by atoms with van der Waals surface area (Å²) < 4.78 is 6.57. The third-order valence-electron chi connectivity index (χ3n) is 6.67. The van der Waals surface area contributed by atoms with Crippen LogP contribution in [0.5, 0.6) is 0 Å². The number of ether oxygens (including phenoxy) is 1. The summed E-state index contributed by atoms with van der Waals surface area (Å²) in [4.78, 5) is 20.0. The summed E-state index contributed by atoms with van der Waals surface area (Å²) in [6.07, 6.45) is 2.82. The quantitative estimate of drug-likeness (QED) is 0.464. The molecule has 1 fully saturated rings. The maximum absolute atomic E-state index is 14.0. The molecule has 0 spiro atoms. The lowest BCUT2D eigenvalue weighted by Gasteiger charge is -2.40. The van der Waals surface area contributed by atoms with E-state index in [4.69, 9.17) is 27.9 Å². The molecular weight excluding hydrogens is 487 g/mol. The lowest BCUT2D eigenvalue weighted by Crippen LogP contribution is -2.48. The van der Waals surface area contributed by atoms with Crippen molar-refractivity contribution < 1.29 is 19.7 Å². The number of halogens is 2. The van der Waals surface area contributed by atoms with Gasteiger partial charge < -0.3 is 14.9 Å². The van der Waals surface area contributed by atoms with Crippen LogP contribution in [0.3, 0.4) is 0 Å². The van der Waals surface area contributed by atoms with E-state index in [1.807, 2.05) is 18.2 Å². The summed E-state index contributed by atoms with van der Waals surface area (Å²) in [5, 5.41) is 22.3. The van der Waals surface area contributed by atoms with Crippen molar-refractivity contribution >= 4 is 29.1 Å². The smallest absolute Gasteiger partial charge is 0.257 e. The van der Waals surface area contributed by atoms with Gasteiger partial charge in [0.15, 0.2) is 5.72 Å². The van der Waals surface area contributed by atoms with Crippen molar-refractivity contribution in [2.45, 2.75) is 50.2 Å². The van der Waals surface area contributed by atoms with Crippen LogP contribution in [0.4, 0.5) is 0 Å². The van der Waals surface area contributed by atoms with E-state index in [2.05, 4.69) is 4.98 Å². The number of nitrogens with zero attached hydrogens (tertiary/aromatic N) is 2. The molecule has 2 heterocycles. The largest absolute Gasteiger partial charge is 0.387 e. The first-order chi connectivity index (χ1) is 16.5. The van der Waals surface area contributed by atoms with Crippen LogP contribution in [-0.4, -0.2) is 38.2 Å². The number of aromatic nitrogens is 1. The first-order valence-electron chi connectivity index (χ1n) is 11.4. The van der Waals surface area contributed by atoms with Gasteiger partial charge in [-0.25, -0.2) is 0 Å². The highest BCUT2D eigenvalue weighted by Crippen LogP contribution is 2.49. The van der Waals surface area contributed by atoms with E-state index in [1.165, 1.54) is 6.20 Å². The number of fused-ring (bicyclic) bond motifs is 1. The molecule has 1 aromatic heterocycles. The first kappa shape index (κ1) is 24.2. The highest BCUT2D eigenvalue weighted by atomic mass is 35.5. The Kier molecular flexibility index (Phi) is 5.93. The molecule has 5 rings (SSSR count). The van der Waals surface area contributed by atoms with Crippen LogP contribution < -0.4 is 0 Å². The number of pyridine rings is 1. The van der Waals surface area contributed by atoms with Crippen LogP contribution in [0.15, 0.2) is 60.8 Å². The van der Waals surface area contributed by atoms with Crippen LogP contribution in [0.1, 0.15) is 59.4 Å². The molecule has 182 valence electrons. The molecule has 1 amide bonds. The summed E-state index contributed by atoms with van der Waals surface area (Å²) in [6.45, 7) is 3.55. The Morgan fingerprint density at radius 2 is 1.74 bits per heavy atom. The van der Waals surface area contributed by atoms with Crippen molar-refractivity contribution in [1.82, 2.24) is 9.88 Å². The molecule has 0 unspecified atom stereocenters. The molecule has 0 saturated heterocycles. The molecule has 8 heteroatoms. The van der Waals surface area contributed by atoms with Crippen molar-refractivity contribution in [2.24, 2.45) is 0 Å². The second-order valence-electron chi connectivity index (χ2n) is 9.84. The molecule has 1 aliphatic carbocycles. The predicted molar refractivity (Wildman–Crippen MR) is 133 cm³/mol. The summed E-state index contributed by atoms with van der Waals surface area (Å²) in [6, 6.07) is 16.0. The molecule has 1 atom stereocenters. The van der Waals surface area contributed by atoms with Crippen LogP contribution >= 0.6 is 23.2 Å². The van der Waals surface area contributed by atoms with Crippen molar-refractivity contribution in [3.63, 3.8) is 0 Å². The Morgan fingerprint density at radius 3 is 2.34 bits per heavy atom. The maximum Gasteiger partial charge on any atom is 0.257 e. The van der Waals surface area contributed by atoms with Gasteiger partial charge in [-0.05, 0) is 62.6 Å². The number of carbonyl (C=O) groups excluding carboxylic acids is 1. The number of aliphatic hydroxyl groups is 2. The van der Waals surface area contributed by atoms with E-state index in [9.17, 15) is 15.0 Å². The number of rotatable bonds is 7. The van der Waals surface area contributed by atoms with Gasteiger partial charge in [-0.2, -0.15) is 0 Å². The highest BCUT2D eigenvalue weighted by molar-refractivity contribution is 6.30. The average molecular weight is 513 g/mol. The van der Waals surface area contributed by atoms with E-state index in [-0.39, 0.29) is 19.1 Å². The molecule has 2 aliphatic rings. The number of carbonyl (C=O) groups is 1. The lowest BCUT2D eigenvalue weighted by molar-refractivity contribution is -0.138. The standard InChI is InChI=1S/C27H26Cl2N2O4/c1-25(2,33)18-5-10-23-22(13-18)24(32)31(15-21-9-8-20(29)14-30-21)27(23,35-16-26(34)11-12-26)17-3-6-19(28)7-4-17/h3-10,13-14,33-34H,11-12,15-16H2,1-2H3/t27-/m1/s1. The van der Waals surface area contributed by atoms with E-state index in [1.54, 1.807) is 55.1 Å². The second-order valence-corrected chi connectivity index (χ2v) is 10.7. The van der Waals surface area contributed by atoms with Gasteiger partial charge in [-0.15, -0.1) is 0 Å². The van der Waals surface area contributed by atoms with E-state index in [0.717, 1.165) is 0 Å². The van der Waals surface area contributed by atoms with Crippen molar-refractivity contribution in [3.8, 4) is 0 Å². The Labute approximate surface area is 214 Å². The van der Waals surface area contributed by atoms with Gasteiger partial charge in [0.2, 0.25) is 0 Å². The van der Waals surface area contributed by atoms with Gasteiger partial charge in [-0.1, -0.05) is 47.5 Å². The fourth-order valence-electron chi connectivity index (χ4n) is 4.43. The van der Waals surface area contributed by atoms with Crippen LogP contribution in [0.2, 0.25) is 10.0 Å². The molecule has 0 bridgehead atoms. The molecule has 3 aromatic rings. The fourth-order valence-corrected chi connectivity index (χ4v) is 4.67. The van der Waals surface area contributed by atoms with Gasteiger partial charge in [0.05, 0.1) is 35.1 Å². The zero-order chi connectivity index (χ0) is 25.0. The minimum absolute atomic E-state index is 0.0557. The van der Waals surface area contributed by atoms with Gasteiger partial charge in [0, 0.05) is 27.9 Å². The fraction of sp³-hybridized carbons (Fsp3) is 0.333. The average Bonchev–Trinajstić information content (AvgIpc) is 3.51. The Hall–Kier alpha value is -2.48. The van der Waals surface area contributed by atoms with Gasteiger partial charge in [0.1, 0.15) is 0 Å². The zero-order valence-corrected chi connectivity index (χ0v) is 21.0. The Balaban J connectivity index is 1.70. The Morgan fingerprint density at radius 1 is 1.06 bits per heavy atom. The summed E-state index contributed by atoms with van der Waals surface area (Å²) in [7, 11) is 0. The highest BCUT2D eigenvalue weighted by Gasteiger charge is 2.54. The molecule has 2 aromatic carbocycles. The topological polar surface area (TPSA) is 82.9 Å². The van der Waals surface area contributed by atoms with Crippen molar-refractivity contribution in [2.75, 3.05) is 6.61 Å². The van der Waals surface area contributed by atoms with E-state index >= 15 is 0 Å². The van der Waals surface area contributed by atoms with Gasteiger partial charge in [-0.3, -0.25) is 14.7 Å². The first-order valence-corrected chi connectivity index (χ1v) is 12.2. The minimum Gasteiger partial charge on any atom is -0.387 e. The van der Waals surface area contributed by atoms with Gasteiger partial charge in [0.25, 0.3) is 5.91 Å². The minimum atomic E-state index is -1.32. The second kappa shape index (κ2) is 8.57. The molecular formula is C27H26Cl2N2O4. The number of hydrogen-bond acceptors (Lipinski definition) is 5. The third-order valence-corrected chi connectivity index (χ3v) is 7.14. The summed E-state index contributed by atoms with van der Waals surface area (Å²) >= 11 is 12.2. The number of amides is 1. The molecule has 6 nitrogen and oxygen atoms in total. The molecule has 35 heavy (non-hydrogen) atoms. The van der Waals surface area contributed by atoms with E-state index < -0.39 is 16.9 Å². The van der Waals surface area contributed by atoms with E-state index in [0.29, 0.717) is 50.8 Å². The van der Waals surface area contributed by atoms with Crippen molar-refractivity contribution in [1.29, 1.82) is 0 Å². The Bertz CT molecular complexity index is 1270. The normalized spacial score (nSPS) is 20.7. The number of benzene rings is 2. The van der Waals surface area contributed by atoms with Crippen LogP contribution in [-0.2, 0) is 22.6 Å². The third kappa shape index (κ3) is 4.46. The van der Waals surface area contributed by atoms with Crippen LogP contribution in [0.25, 0.3) is 0 Å². The SMILES string of the molecule is CC(C)(O)c1ccc2c(c1)C(=O)N(Cc1ccc(Cl)cn1)[C@@]2(OCC1(O)CC1)c1ccc(Cl)cc1. The molecule has 1 saturated carbocycles. The molecule has 0 radical (unpaired) electrons. The monoisotopic (exact) mass is 512 g/mol. The predicted octanol–water partition coefficient (Wildman–Crippen LogP) is 5.01. The summed E-state index contributed by atoms with van der Waals surface area (Å²) in [5.41, 5.74) is -0.368. The summed E-state index contributed by atoms with van der Waals surface area (Å²) in [5.74, 6) is -0.263. The number of hydrogen-bond donors (Lipinski definition) is 2. The van der Waals surface area contributed by atoms with Gasteiger partial charge >= 0.3 is 0 Å². The zero-order valence-electron chi connectivity index (χ0n) is 19.5. The van der Waals surface area contributed by atoms with Crippen molar-refractivity contribution in [3.05, 3.63) is 98.8 Å². The van der Waals surface area contributed by atoms with Crippen LogP contribution in [0, 0.1) is 0 Å². The molecule has 1 aliphatic heterocycles. The molecule has 2 N–H and O–H groups in total. The lowest BCUT2D eigenvalue weighted by atomic mass is 9.89. The maximum atomic E-state index is 14.0.